The van der Waals surface area contributed by atoms with Crippen LogP contribution in [-0.2, 0) is 9.59 Å². The van der Waals surface area contributed by atoms with E-state index in [9.17, 15) is 9.59 Å². The first-order chi connectivity index (χ1) is 7.16. The summed E-state index contributed by atoms with van der Waals surface area (Å²) in [5, 5.41) is 0. The minimum atomic E-state index is -0.879. The molecular weight excluding hydrogens is 192 g/mol. The van der Waals surface area contributed by atoms with Crippen LogP contribution in [0.3, 0.4) is 0 Å². The summed E-state index contributed by atoms with van der Waals surface area (Å²) in [4.78, 5) is 28.4. The second kappa shape index (κ2) is 5.01. The van der Waals surface area contributed by atoms with Gasteiger partial charge in [-0.1, -0.05) is 20.3 Å². The van der Waals surface area contributed by atoms with E-state index in [0.29, 0.717) is 12.3 Å². The number of hydrogen-bond acceptors (Lipinski definition) is 4. The van der Waals surface area contributed by atoms with Crippen LogP contribution >= 0.6 is 0 Å². The normalized spacial score (nSPS) is 30.5. The molecule has 1 fully saturated rings. The number of hydrogen-bond donors (Lipinski definition) is 0. The largest absolute Gasteiger partial charge is 0.237 e. The summed E-state index contributed by atoms with van der Waals surface area (Å²) in [5.74, 6) is 0.494. The van der Waals surface area contributed by atoms with Gasteiger partial charge in [0.25, 0.3) is 0 Å². The van der Waals surface area contributed by atoms with E-state index in [2.05, 4.69) is 23.8 Å². The van der Waals surface area contributed by atoms with Gasteiger partial charge >= 0.3 is 0 Å². The lowest BCUT2D eigenvalue weighted by molar-refractivity contribution is 0.151. The Balaban J connectivity index is 3.09. The van der Waals surface area contributed by atoms with Gasteiger partial charge in [-0.3, -0.25) is 0 Å². The highest BCUT2D eigenvalue weighted by molar-refractivity contribution is 5.39. The average molecular weight is 208 g/mol. The van der Waals surface area contributed by atoms with Gasteiger partial charge in [0.15, 0.2) is 5.66 Å². The molecule has 1 atom stereocenters. The number of isocyanates is 2. The molecule has 82 valence electrons. The van der Waals surface area contributed by atoms with Crippen LogP contribution in [0.1, 0.15) is 39.5 Å². The summed E-state index contributed by atoms with van der Waals surface area (Å²) in [6, 6.07) is 0. The standard InChI is InChI=1S/C11H16N2O2/c1-9(2)10-5-3-4-6-11(10,12-7-14)13-8-15/h9-10H,3-6H2,1-2H3. The summed E-state index contributed by atoms with van der Waals surface area (Å²) >= 11 is 0. The molecule has 0 saturated heterocycles. The van der Waals surface area contributed by atoms with Crippen molar-refractivity contribution in [2.24, 2.45) is 21.8 Å². The predicted molar refractivity (Wildman–Crippen MR) is 55.8 cm³/mol. The van der Waals surface area contributed by atoms with Crippen molar-refractivity contribution in [3.05, 3.63) is 0 Å². The molecule has 4 nitrogen and oxygen atoms in total. The van der Waals surface area contributed by atoms with Crippen molar-refractivity contribution in [3.63, 3.8) is 0 Å². The Bertz CT molecular complexity index is 295. The first-order valence-electron chi connectivity index (χ1n) is 5.34. The van der Waals surface area contributed by atoms with Crippen LogP contribution in [0.2, 0.25) is 0 Å². The van der Waals surface area contributed by atoms with Crippen molar-refractivity contribution in [3.8, 4) is 0 Å². The van der Waals surface area contributed by atoms with Crippen molar-refractivity contribution in [2.75, 3.05) is 0 Å². The van der Waals surface area contributed by atoms with Gasteiger partial charge in [-0.25, -0.2) is 9.59 Å². The lowest BCUT2D eigenvalue weighted by Gasteiger charge is -2.38. The zero-order chi connectivity index (χ0) is 11.3. The molecular formula is C11H16N2O2. The number of carbonyl (C=O) groups excluding carboxylic acids is 2. The van der Waals surface area contributed by atoms with Gasteiger partial charge < -0.3 is 0 Å². The van der Waals surface area contributed by atoms with Crippen molar-refractivity contribution in [1.29, 1.82) is 0 Å². The van der Waals surface area contributed by atoms with Crippen molar-refractivity contribution in [2.45, 2.75) is 45.2 Å². The maximum Gasteiger partial charge on any atom is 0.237 e. The van der Waals surface area contributed by atoms with E-state index in [4.69, 9.17) is 0 Å². The van der Waals surface area contributed by atoms with E-state index < -0.39 is 5.66 Å². The molecule has 0 radical (unpaired) electrons. The number of nitrogens with zero attached hydrogens (tertiary/aromatic N) is 2. The van der Waals surface area contributed by atoms with Crippen molar-refractivity contribution < 1.29 is 9.59 Å². The van der Waals surface area contributed by atoms with Crippen LogP contribution in [0.4, 0.5) is 0 Å². The fourth-order valence-electron chi connectivity index (χ4n) is 2.49. The second-order valence-electron chi connectivity index (χ2n) is 4.38. The SMILES string of the molecule is CC(C)C1CCCCC1(N=C=O)N=C=O. The smallest absolute Gasteiger partial charge is 0.211 e. The van der Waals surface area contributed by atoms with Crippen LogP contribution in [0.5, 0.6) is 0 Å². The van der Waals surface area contributed by atoms with Gasteiger partial charge in [-0.05, 0) is 25.2 Å². The van der Waals surface area contributed by atoms with Gasteiger partial charge in [0.05, 0.1) is 0 Å². The summed E-state index contributed by atoms with van der Waals surface area (Å²) in [6.45, 7) is 4.12. The zero-order valence-electron chi connectivity index (χ0n) is 9.19. The van der Waals surface area contributed by atoms with Gasteiger partial charge in [-0.15, -0.1) is 0 Å². The minimum Gasteiger partial charge on any atom is -0.211 e. The molecule has 0 bridgehead atoms. The molecule has 0 N–H and O–H groups in total. The number of aliphatic imine (C=N–C) groups is 2. The van der Waals surface area contributed by atoms with Crippen molar-refractivity contribution in [1.82, 2.24) is 0 Å². The van der Waals surface area contributed by atoms with Crippen LogP contribution < -0.4 is 0 Å². The minimum absolute atomic E-state index is 0.147. The van der Waals surface area contributed by atoms with Crippen LogP contribution in [-0.4, -0.2) is 17.8 Å². The second-order valence-corrected chi connectivity index (χ2v) is 4.38. The molecule has 1 unspecified atom stereocenters. The summed E-state index contributed by atoms with van der Waals surface area (Å²) < 4.78 is 0. The monoisotopic (exact) mass is 208 g/mol. The highest BCUT2D eigenvalue weighted by Gasteiger charge is 2.42. The third kappa shape index (κ3) is 2.41. The van der Waals surface area contributed by atoms with E-state index in [1.807, 2.05) is 0 Å². The van der Waals surface area contributed by atoms with E-state index in [0.717, 1.165) is 19.3 Å². The maximum atomic E-state index is 10.4. The molecule has 4 heteroatoms. The number of rotatable bonds is 3. The molecule has 0 amide bonds. The van der Waals surface area contributed by atoms with Crippen LogP contribution in [0, 0.1) is 11.8 Å². The topological polar surface area (TPSA) is 58.9 Å². The molecule has 1 aliphatic rings. The molecule has 1 saturated carbocycles. The molecule has 0 aromatic heterocycles. The summed E-state index contributed by atoms with van der Waals surface area (Å²) in [7, 11) is 0. The third-order valence-electron chi connectivity index (χ3n) is 3.19. The molecule has 1 aliphatic carbocycles. The Morgan fingerprint density at radius 3 is 2.27 bits per heavy atom. The van der Waals surface area contributed by atoms with Gasteiger partial charge in [0.2, 0.25) is 12.2 Å². The zero-order valence-corrected chi connectivity index (χ0v) is 9.19. The summed E-state index contributed by atoms with van der Waals surface area (Å²) in [6.07, 6.45) is 6.75. The Labute approximate surface area is 89.5 Å². The first-order valence-corrected chi connectivity index (χ1v) is 5.34. The molecule has 0 aliphatic heterocycles. The third-order valence-corrected chi connectivity index (χ3v) is 3.19. The fourth-order valence-corrected chi connectivity index (χ4v) is 2.49. The van der Waals surface area contributed by atoms with Crippen LogP contribution in [0.25, 0.3) is 0 Å². The van der Waals surface area contributed by atoms with Gasteiger partial charge in [0, 0.05) is 5.92 Å². The average Bonchev–Trinajstić information content (AvgIpc) is 2.18. The fraction of sp³-hybridized carbons (Fsp3) is 0.818. The molecule has 0 heterocycles. The van der Waals surface area contributed by atoms with E-state index in [1.165, 1.54) is 0 Å². The van der Waals surface area contributed by atoms with E-state index >= 15 is 0 Å². The van der Waals surface area contributed by atoms with Gasteiger partial charge in [0.1, 0.15) is 0 Å². The molecule has 0 aromatic rings. The predicted octanol–water partition coefficient (Wildman–Crippen LogP) is 2.20. The lowest BCUT2D eigenvalue weighted by Crippen LogP contribution is -2.40. The first kappa shape index (κ1) is 11.8. The Hall–Kier alpha value is -1.24. The lowest BCUT2D eigenvalue weighted by atomic mass is 9.73. The maximum absolute atomic E-state index is 10.4. The highest BCUT2D eigenvalue weighted by Crippen LogP contribution is 2.41. The molecule has 1 rings (SSSR count). The molecule has 0 aromatic carbocycles. The quantitative estimate of drug-likeness (QED) is 0.527. The Morgan fingerprint density at radius 1 is 1.20 bits per heavy atom. The molecule has 15 heavy (non-hydrogen) atoms. The molecule has 0 spiro atoms. The highest BCUT2D eigenvalue weighted by atomic mass is 16.1. The van der Waals surface area contributed by atoms with E-state index in [-0.39, 0.29) is 5.92 Å². The summed E-state index contributed by atoms with van der Waals surface area (Å²) in [5.41, 5.74) is -0.879. The Kier molecular flexibility index (Phi) is 3.96. The van der Waals surface area contributed by atoms with Crippen molar-refractivity contribution >= 4 is 12.2 Å². The van der Waals surface area contributed by atoms with E-state index in [1.54, 1.807) is 12.2 Å². The Morgan fingerprint density at radius 2 is 1.80 bits per heavy atom. The van der Waals surface area contributed by atoms with Crippen LogP contribution in [0.15, 0.2) is 9.98 Å². The van der Waals surface area contributed by atoms with Gasteiger partial charge in [-0.2, -0.15) is 9.98 Å².